The van der Waals surface area contributed by atoms with Crippen molar-refractivity contribution in [3.63, 3.8) is 0 Å². The Hall–Kier alpha value is -2.66. The number of carbonyl (C=O) groups is 1. The number of nitrogens with zero attached hydrogens (tertiary/aromatic N) is 3. The molecule has 2 aliphatic rings. The van der Waals surface area contributed by atoms with Gasteiger partial charge in [0.05, 0.1) is 11.7 Å². The minimum atomic E-state index is 0.187. The van der Waals surface area contributed by atoms with E-state index < -0.39 is 0 Å². The summed E-state index contributed by atoms with van der Waals surface area (Å²) in [5, 5.41) is 1.36. The molecule has 2 aliphatic heterocycles. The lowest BCUT2D eigenvalue weighted by Gasteiger charge is -2.35. The van der Waals surface area contributed by atoms with E-state index in [2.05, 4.69) is 64.2 Å². The van der Waals surface area contributed by atoms with Gasteiger partial charge in [-0.25, -0.2) is 0 Å². The Kier molecular flexibility index (Phi) is 6.77. The average molecular weight is 445 g/mol. The lowest BCUT2D eigenvalue weighted by molar-refractivity contribution is -0.133. The van der Waals surface area contributed by atoms with Crippen molar-refractivity contribution in [3.05, 3.63) is 65.1 Å². The zero-order chi connectivity index (χ0) is 22.6. The van der Waals surface area contributed by atoms with Crippen LogP contribution >= 0.6 is 0 Å². The second-order valence-corrected chi connectivity index (χ2v) is 9.71. The number of fused-ring (bicyclic) bond motifs is 3. The predicted octanol–water partition coefficient (Wildman–Crippen LogP) is 5.39. The summed E-state index contributed by atoms with van der Waals surface area (Å²) in [6.45, 7) is 6.13. The number of benzene rings is 1. The van der Waals surface area contributed by atoms with Crippen molar-refractivity contribution in [2.45, 2.75) is 64.3 Å². The van der Waals surface area contributed by atoms with Crippen molar-refractivity contribution in [1.29, 1.82) is 0 Å². The lowest BCUT2D eigenvalue weighted by atomic mass is 9.94. The summed E-state index contributed by atoms with van der Waals surface area (Å²) in [5.74, 6) is 0.359. The minimum absolute atomic E-state index is 0.187. The molecule has 1 N–H and O–H groups in total. The van der Waals surface area contributed by atoms with E-state index in [1.165, 1.54) is 47.8 Å². The molecule has 5 nitrogen and oxygen atoms in total. The minimum Gasteiger partial charge on any atom is -0.357 e. The normalized spacial score (nSPS) is 19.2. The number of para-hydroxylation sites is 1. The summed E-state index contributed by atoms with van der Waals surface area (Å²) >= 11 is 0. The van der Waals surface area contributed by atoms with Gasteiger partial charge in [0.25, 0.3) is 0 Å². The van der Waals surface area contributed by atoms with Crippen LogP contribution in [-0.2, 0) is 11.2 Å². The maximum absolute atomic E-state index is 12.0. The van der Waals surface area contributed by atoms with E-state index in [-0.39, 0.29) is 6.04 Å². The van der Waals surface area contributed by atoms with Crippen LogP contribution in [0, 0.1) is 6.92 Å². The Bertz CT molecular complexity index is 1100. The highest BCUT2D eigenvalue weighted by Gasteiger charge is 2.32. The quantitative estimate of drug-likeness (QED) is 0.474. The molecular formula is C28H36N4O. The molecular weight excluding hydrogens is 408 g/mol. The van der Waals surface area contributed by atoms with Crippen LogP contribution in [0.4, 0.5) is 0 Å². The van der Waals surface area contributed by atoms with Crippen molar-refractivity contribution >= 4 is 16.8 Å². The zero-order valence-electron chi connectivity index (χ0n) is 19.9. The summed E-state index contributed by atoms with van der Waals surface area (Å²) in [6.07, 6.45) is 8.80. The topological polar surface area (TPSA) is 52.2 Å². The average Bonchev–Trinajstić information content (AvgIpc) is 3.20. The number of unbranched alkanes of at least 4 members (excludes halogenated alkanes) is 3. The van der Waals surface area contributed by atoms with Crippen molar-refractivity contribution in [2.24, 2.45) is 0 Å². The Morgan fingerprint density at radius 3 is 2.64 bits per heavy atom. The first-order valence-corrected chi connectivity index (χ1v) is 12.8. The van der Waals surface area contributed by atoms with Gasteiger partial charge in [-0.15, -0.1) is 0 Å². The number of carbonyl (C=O) groups excluding carboxylic acids is 1. The van der Waals surface area contributed by atoms with E-state index >= 15 is 0 Å². The number of hydrogen-bond donors (Lipinski definition) is 1. The summed E-state index contributed by atoms with van der Waals surface area (Å²) in [6, 6.07) is 15.3. The standard InChI is InChI=1S/C28H36N4O/c1-21-11-10-14-25(29-21)28-27-23(22-12-4-5-13-24(22)30-27)16-20-32(28)19-8-3-2-7-17-31-18-9-6-15-26(31)33/h4-5,10-14,28,30H,2-3,6-9,15-20H2,1H3. The summed E-state index contributed by atoms with van der Waals surface area (Å²) in [5.41, 5.74) is 6.23. The number of aromatic amines is 1. The Balaban J connectivity index is 1.24. The van der Waals surface area contributed by atoms with Crippen LogP contribution in [0.15, 0.2) is 42.5 Å². The van der Waals surface area contributed by atoms with Crippen molar-refractivity contribution < 1.29 is 4.79 Å². The van der Waals surface area contributed by atoms with Crippen molar-refractivity contribution in [2.75, 3.05) is 26.2 Å². The molecule has 4 heterocycles. The predicted molar refractivity (Wildman–Crippen MR) is 133 cm³/mol. The second-order valence-electron chi connectivity index (χ2n) is 9.71. The highest BCUT2D eigenvalue weighted by atomic mass is 16.2. The van der Waals surface area contributed by atoms with Gasteiger partial charge in [-0.05, 0) is 69.3 Å². The number of aryl methyl sites for hydroxylation is 1. The fourth-order valence-corrected chi connectivity index (χ4v) is 5.65. The van der Waals surface area contributed by atoms with Gasteiger partial charge in [0, 0.05) is 48.3 Å². The largest absolute Gasteiger partial charge is 0.357 e. The zero-order valence-corrected chi connectivity index (χ0v) is 19.9. The van der Waals surface area contributed by atoms with Crippen LogP contribution in [-0.4, -0.2) is 51.9 Å². The summed E-state index contributed by atoms with van der Waals surface area (Å²) in [4.78, 5) is 25.4. The second kappa shape index (κ2) is 10.1. The third-order valence-corrected chi connectivity index (χ3v) is 7.37. The van der Waals surface area contributed by atoms with Crippen molar-refractivity contribution in [1.82, 2.24) is 19.8 Å². The number of nitrogens with one attached hydrogen (secondary N) is 1. The first-order valence-electron chi connectivity index (χ1n) is 12.8. The molecule has 2 aromatic heterocycles. The molecule has 0 spiro atoms. The van der Waals surface area contributed by atoms with Gasteiger partial charge in [-0.2, -0.15) is 0 Å². The van der Waals surface area contributed by atoms with Crippen LogP contribution in [0.2, 0.25) is 0 Å². The highest BCUT2D eigenvalue weighted by molar-refractivity contribution is 5.85. The van der Waals surface area contributed by atoms with E-state index in [0.29, 0.717) is 5.91 Å². The maximum Gasteiger partial charge on any atom is 0.222 e. The highest BCUT2D eigenvalue weighted by Crippen LogP contribution is 2.37. The van der Waals surface area contributed by atoms with Crippen LogP contribution < -0.4 is 0 Å². The van der Waals surface area contributed by atoms with E-state index in [1.54, 1.807) is 0 Å². The number of hydrogen-bond acceptors (Lipinski definition) is 3. The fourth-order valence-electron chi connectivity index (χ4n) is 5.65. The molecule has 1 amide bonds. The number of pyridine rings is 1. The van der Waals surface area contributed by atoms with Gasteiger partial charge in [0.2, 0.25) is 5.91 Å². The molecule has 5 heteroatoms. The molecule has 174 valence electrons. The first-order chi connectivity index (χ1) is 16.2. The number of H-pyrrole nitrogens is 1. The summed E-state index contributed by atoms with van der Waals surface area (Å²) < 4.78 is 0. The molecule has 1 saturated heterocycles. The van der Waals surface area contributed by atoms with Gasteiger partial charge in [-0.1, -0.05) is 37.1 Å². The molecule has 1 unspecified atom stereocenters. The maximum atomic E-state index is 12.0. The Morgan fingerprint density at radius 1 is 0.939 bits per heavy atom. The smallest absolute Gasteiger partial charge is 0.222 e. The van der Waals surface area contributed by atoms with E-state index in [1.807, 2.05) is 0 Å². The van der Waals surface area contributed by atoms with Crippen LogP contribution in [0.5, 0.6) is 0 Å². The fraction of sp³-hybridized carbons (Fsp3) is 0.500. The first kappa shape index (κ1) is 22.1. The van der Waals surface area contributed by atoms with E-state index in [4.69, 9.17) is 4.98 Å². The number of rotatable bonds is 8. The Labute approximate surface area is 197 Å². The number of piperidine rings is 1. The van der Waals surface area contributed by atoms with Gasteiger partial charge >= 0.3 is 0 Å². The van der Waals surface area contributed by atoms with Crippen LogP contribution in [0.1, 0.15) is 73.6 Å². The van der Waals surface area contributed by atoms with Gasteiger partial charge in [-0.3, -0.25) is 14.7 Å². The number of aromatic nitrogens is 2. The molecule has 3 aromatic rings. The molecule has 1 aromatic carbocycles. The molecule has 1 atom stereocenters. The van der Waals surface area contributed by atoms with E-state index in [0.717, 1.165) is 63.3 Å². The SMILES string of the molecule is Cc1cccc(C2c3[nH]c4ccccc4c3CCN2CCCCCCN2CCCCC2=O)n1. The van der Waals surface area contributed by atoms with E-state index in [9.17, 15) is 4.79 Å². The molecule has 5 rings (SSSR count). The molecule has 0 saturated carbocycles. The number of amides is 1. The lowest BCUT2D eigenvalue weighted by Crippen LogP contribution is -2.37. The van der Waals surface area contributed by atoms with Gasteiger partial charge in [0.15, 0.2) is 0 Å². The van der Waals surface area contributed by atoms with Crippen LogP contribution in [0.3, 0.4) is 0 Å². The number of likely N-dealkylation sites (tertiary alicyclic amines) is 1. The van der Waals surface area contributed by atoms with Crippen molar-refractivity contribution in [3.8, 4) is 0 Å². The third-order valence-electron chi connectivity index (χ3n) is 7.37. The van der Waals surface area contributed by atoms with Gasteiger partial charge in [0.1, 0.15) is 0 Å². The Morgan fingerprint density at radius 2 is 1.79 bits per heavy atom. The molecule has 0 bridgehead atoms. The van der Waals surface area contributed by atoms with Crippen LogP contribution in [0.25, 0.3) is 10.9 Å². The summed E-state index contributed by atoms with van der Waals surface area (Å²) in [7, 11) is 0. The third kappa shape index (κ3) is 4.84. The molecule has 33 heavy (non-hydrogen) atoms. The monoisotopic (exact) mass is 444 g/mol. The van der Waals surface area contributed by atoms with Gasteiger partial charge < -0.3 is 9.88 Å². The molecule has 1 fully saturated rings. The molecule has 0 aliphatic carbocycles. The molecule has 0 radical (unpaired) electrons.